The lowest BCUT2D eigenvalue weighted by Crippen LogP contribution is -2.28. The zero-order chi connectivity index (χ0) is 13.1. The van der Waals surface area contributed by atoms with Gasteiger partial charge in [0, 0.05) is 18.2 Å². The zero-order valence-electron chi connectivity index (χ0n) is 11.6. The number of hydrogen-bond donors (Lipinski definition) is 2. The van der Waals surface area contributed by atoms with Gasteiger partial charge in [0.05, 0.1) is 0 Å². The standard InChI is InChI=1S/C15H22N2O.ClH/c1-10-6-7-11(2)14(8-10)17-15(18)9-12-4-3-5-13(12)16;/h6-8,12-13H,3-5,9,16H2,1-2H3,(H,17,18);1H/t12-,13+;/m0./s1. The van der Waals surface area contributed by atoms with E-state index in [0.29, 0.717) is 12.3 Å². The van der Waals surface area contributed by atoms with Crippen LogP contribution >= 0.6 is 12.4 Å². The summed E-state index contributed by atoms with van der Waals surface area (Å²) >= 11 is 0. The van der Waals surface area contributed by atoms with E-state index in [4.69, 9.17) is 5.73 Å². The lowest BCUT2D eigenvalue weighted by Gasteiger charge is -2.15. The molecule has 0 bridgehead atoms. The third-order valence-corrected chi connectivity index (χ3v) is 3.83. The molecule has 1 aromatic carbocycles. The van der Waals surface area contributed by atoms with E-state index in [1.807, 2.05) is 26.0 Å². The Kier molecular flexibility index (Phi) is 5.83. The summed E-state index contributed by atoms with van der Waals surface area (Å²) < 4.78 is 0. The monoisotopic (exact) mass is 282 g/mol. The number of rotatable bonds is 3. The lowest BCUT2D eigenvalue weighted by atomic mass is 9.99. The minimum absolute atomic E-state index is 0. The van der Waals surface area contributed by atoms with Gasteiger partial charge in [0.1, 0.15) is 0 Å². The highest BCUT2D eigenvalue weighted by Gasteiger charge is 2.26. The van der Waals surface area contributed by atoms with Gasteiger partial charge < -0.3 is 11.1 Å². The maximum absolute atomic E-state index is 12.0. The van der Waals surface area contributed by atoms with Crippen LogP contribution in [0.4, 0.5) is 5.69 Å². The van der Waals surface area contributed by atoms with Crippen molar-refractivity contribution in [3.8, 4) is 0 Å². The van der Waals surface area contributed by atoms with E-state index in [0.717, 1.165) is 36.1 Å². The van der Waals surface area contributed by atoms with Gasteiger partial charge in [0.25, 0.3) is 0 Å². The first-order valence-electron chi connectivity index (χ1n) is 6.69. The van der Waals surface area contributed by atoms with Crippen molar-refractivity contribution in [1.29, 1.82) is 0 Å². The van der Waals surface area contributed by atoms with Gasteiger partial charge in [0.15, 0.2) is 0 Å². The molecule has 2 rings (SSSR count). The highest BCUT2D eigenvalue weighted by Crippen LogP contribution is 2.27. The highest BCUT2D eigenvalue weighted by molar-refractivity contribution is 5.91. The summed E-state index contributed by atoms with van der Waals surface area (Å²) in [6.45, 7) is 4.04. The molecular formula is C15H23ClN2O. The Labute approximate surface area is 121 Å². The quantitative estimate of drug-likeness (QED) is 0.895. The second-order valence-corrected chi connectivity index (χ2v) is 5.43. The molecule has 0 aliphatic heterocycles. The molecule has 1 aromatic rings. The normalized spacial score (nSPS) is 21.8. The number of anilines is 1. The van der Waals surface area contributed by atoms with Crippen molar-refractivity contribution in [3.05, 3.63) is 29.3 Å². The fourth-order valence-electron chi connectivity index (χ4n) is 2.63. The van der Waals surface area contributed by atoms with E-state index in [9.17, 15) is 4.79 Å². The minimum atomic E-state index is 0. The summed E-state index contributed by atoms with van der Waals surface area (Å²) in [6, 6.07) is 6.31. The number of nitrogens with one attached hydrogen (secondary N) is 1. The van der Waals surface area contributed by atoms with Gasteiger partial charge in [-0.15, -0.1) is 12.4 Å². The fourth-order valence-corrected chi connectivity index (χ4v) is 2.63. The van der Waals surface area contributed by atoms with Crippen molar-refractivity contribution in [3.63, 3.8) is 0 Å². The summed E-state index contributed by atoms with van der Waals surface area (Å²) in [5.41, 5.74) is 9.18. The Morgan fingerprint density at radius 2 is 2.11 bits per heavy atom. The molecule has 1 aliphatic carbocycles. The smallest absolute Gasteiger partial charge is 0.224 e. The molecule has 0 unspecified atom stereocenters. The van der Waals surface area contributed by atoms with Crippen LogP contribution in [-0.4, -0.2) is 11.9 Å². The van der Waals surface area contributed by atoms with Crippen molar-refractivity contribution in [2.24, 2.45) is 11.7 Å². The molecule has 1 fully saturated rings. The van der Waals surface area contributed by atoms with Crippen LogP contribution in [0, 0.1) is 19.8 Å². The molecule has 0 spiro atoms. The van der Waals surface area contributed by atoms with Crippen molar-refractivity contribution < 1.29 is 4.79 Å². The first-order valence-corrected chi connectivity index (χ1v) is 6.69. The third-order valence-electron chi connectivity index (χ3n) is 3.83. The fraction of sp³-hybridized carbons (Fsp3) is 0.533. The van der Waals surface area contributed by atoms with Crippen LogP contribution in [0.2, 0.25) is 0 Å². The van der Waals surface area contributed by atoms with Gasteiger partial charge in [-0.1, -0.05) is 18.6 Å². The Morgan fingerprint density at radius 3 is 2.74 bits per heavy atom. The molecule has 3 nitrogen and oxygen atoms in total. The van der Waals surface area contributed by atoms with Crippen molar-refractivity contribution in [2.45, 2.75) is 45.6 Å². The lowest BCUT2D eigenvalue weighted by molar-refractivity contribution is -0.117. The van der Waals surface area contributed by atoms with Gasteiger partial charge in [-0.25, -0.2) is 0 Å². The van der Waals surface area contributed by atoms with E-state index in [-0.39, 0.29) is 24.4 Å². The molecule has 0 aromatic heterocycles. The zero-order valence-corrected chi connectivity index (χ0v) is 12.4. The Morgan fingerprint density at radius 1 is 1.37 bits per heavy atom. The molecule has 0 radical (unpaired) electrons. The number of carbonyl (C=O) groups excluding carboxylic acids is 1. The van der Waals surface area contributed by atoms with Gasteiger partial charge in [-0.2, -0.15) is 0 Å². The molecule has 3 N–H and O–H groups in total. The number of benzene rings is 1. The van der Waals surface area contributed by atoms with Gasteiger partial charge in [-0.3, -0.25) is 4.79 Å². The average molecular weight is 283 g/mol. The minimum Gasteiger partial charge on any atom is -0.327 e. The summed E-state index contributed by atoms with van der Waals surface area (Å²) in [4.78, 5) is 12.0. The predicted octanol–water partition coefficient (Wildman–Crippen LogP) is 3.18. The van der Waals surface area contributed by atoms with Gasteiger partial charge >= 0.3 is 0 Å². The van der Waals surface area contributed by atoms with Gasteiger partial charge in [-0.05, 0) is 49.8 Å². The van der Waals surface area contributed by atoms with Crippen LogP contribution in [0.15, 0.2) is 18.2 Å². The second kappa shape index (κ2) is 6.92. The Hall–Kier alpha value is -1.06. The van der Waals surface area contributed by atoms with Crippen LogP contribution < -0.4 is 11.1 Å². The van der Waals surface area contributed by atoms with Crippen molar-refractivity contribution in [1.82, 2.24) is 0 Å². The number of amides is 1. The largest absolute Gasteiger partial charge is 0.327 e. The number of carbonyl (C=O) groups is 1. The number of nitrogens with two attached hydrogens (primary N) is 1. The highest BCUT2D eigenvalue weighted by atomic mass is 35.5. The van der Waals surface area contributed by atoms with Crippen molar-refractivity contribution >= 4 is 24.0 Å². The SMILES string of the molecule is Cc1ccc(C)c(NC(=O)C[C@@H]2CCC[C@H]2N)c1.Cl. The van der Waals surface area contributed by atoms with E-state index in [2.05, 4.69) is 11.4 Å². The molecule has 106 valence electrons. The number of halogens is 1. The van der Waals surface area contributed by atoms with Crippen LogP contribution in [0.5, 0.6) is 0 Å². The molecule has 19 heavy (non-hydrogen) atoms. The average Bonchev–Trinajstić information content (AvgIpc) is 2.70. The molecule has 1 saturated carbocycles. The molecule has 1 amide bonds. The molecule has 2 atom stereocenters. The summed E-state index contributed by atoms with van der Waals surface area (Å²) in [7, 11) is 0. The Balaban J connectivity index is 0.00000180. The predicted molar refractivity (Wildman–Crippen MR) is 81.7 cm³/mol. The molecule has 4 heteroatoms. The molecule has 0 saturated heterocycles. The van der Waals surface area contributed by atoms with E-state index in [1.165, 1.54) is 0 Å². The first-order chi connectivity index (χ1) is 8.56. The van der Waals surface area contributed by atoms with Crippen LogP contribution in [0.25, 0.3) is 0 Å². The molecule has 1 aliphatic rings. The van der Waals surface area contributed by atoms with Gasteiger partial charge in [0.2, 0.25) is 5.91 Å². The summed E-state index contributed by atoms with van der Waals surface area (Å²) in [5.74, 6) is 0.446. The van der Waals surface area contributed by atoms with Crippen molar-refractivity contribution in [2.75, 3.05) is 5.32 Å². The maximum atomic E-state index is 12.0. The number of aryl methyl sites for hydroxylation is 2. The van der Waals surface area contributed by atoms with Crippen LogP contribution in [0.1, 0.15) is 36.8 Å². The molecule has 0 heterocycles. The summed E-state index contributed by atoms with van der Waals surface area (Å²) in [6.07, 6.45) is 3.85. The summed E-state index contributed by atoms with van der Waals surface area (Å²) in [5, 5.41) is 3.00. The number of hydrogen-bond acceptors (Lipinski definition) is 2. The molecular weight excluding hydrogens is 260 g/mol. The third kappa shape index (κ3) is 4.22. The topological polar surface area (TPSA) is 55.1 Å². The van der Waals surface area contributed by atoms with E-state index in [1.54, 1.807) is 0 Å². The van der Waals surface area contributed by atoms with Crippen LogP contribution in [-0.2, 0) is 4.79 Å². The second-order valence-electron chi connectivity index (χ2n) is 5.43. The maximum Gasteiger partial charge on any atom is 0.224 e. The van der Waals surface area contributed by atoms with E-state index < -0.39 is 0 Å². The van der Waals surface area contributed by atoms with E-state index >= 15 is 0 Å². The van der Waals surface area contributed by atoms with Crippen LogP contribution in [0.3, 0.4) is 0 Å². The Bertz CT molecular complexity index is 448. The first kappa shape index (κ1) is 16.0.